The van der Waals surface area contributed by atoms with Gasteiger partial charge in [-0.25, -0.2) is 0 Å². The molecule has 0 spiro atoms. The molecule has 2 aromatic heterocycles. The monoisotopic (exact) mass is 514 g/mol. The molecule has 2 aliphatic rings. The topological polar surface area (TPSA) is 72.2 Å². The van der Waals surface area contributed by atoms with Gasteiger partial charge >= 0.3 is 0 Å². The molecule has 4 heterocycles. The van der Waals surface area contributed by atoms with Crippen LogP contribution in [-0.2, 0) is 16.0 Å². The van der Waals surface area contributed by atoms with Crippen molar-refractivity contribution in [2.75, 3.05) is 32.8 Å². The van der Waals surface area contributed by atoms with Gasteiger partial charge in [0.2, 0.25) is 5.91 Å². The molecule has 35 heavy (non-hydrogen) atoms. The normalized spacial score (nSPS) is 19.4. The third kappa shape index (κ3) is 5.55. The van der Waals surface area contributed by atoms with Crippen LogP contribution in [0.15, 0.2) is 58.5 Å². The Bertz CT molecular complexity index is 1140. The fourth-order valence-electron chi connectivity index (χ4n) is 4.64. The van der Waals surface area contributed by atoms with Crippen LogP contribution in [0, 0.1) is 0 Å². The Labute approximate surface area is 213 Å². The van der Waals surface area contributed by atoms with E-state index in [1.165, 1.54) is 11.1 Å². The molecule has 3 aromatic rings. The summed E-state index contributed by atoms with van der Waals surface area (Å²) >= 11 is 7.69. The Hall–Kier alpha value is -2.81. The molecule has 1 saturated heterocycles. The van der Waals surface area contributed by atoms with E-state index >= 15 is 0 Å². The van der Waals surface area contributed by atoms with Gasteiger partial charge in [-0.3, -0.25) is 9.59 Å². The van der Waals surface area contributed by atoms with Gasteiger partial charge in [0.15, 0.2) is 5.76 Å². The predicted molar refractivity (Wildman–Crippen MR) is 133 cm³/mol. The number of furan rings is 1. The molecular formula is C26H27ClN2O5S. The first-order chi connectivity index (χ1) is 17.1. The quantitative estimate of drug-likeness (QED) is 0.431. The molecule has 9 heteroatoms. The van der Waals surface area contributed by atoms with Crippen molar-refractivity contribution >= 4 is 34.8 Å². The van der Waals surface area contributed by atoms with Crippen LogP contribution in [-0.4, -0.2) is 60.6 Å². The lowest BCUT2D eigenvalue weighted by atomic mass is 10.0. The van der Waals surface area contributed by atoms with Crippen molar-refractivity contribution in [3.8, 4) is 5.75 Å². The zero-order chi connectivity index (χ0) is 24.2. The van der Waals surface area contributed by atoms with E-state index in [2.05, 4.69) is 11.4 Å². The number of amides is 2. The molecule has 7 nitrogen and oxygen atoms in total. The number of rotatable bonds is 8. The maximum atomic E-state index is 13.6. The molecule has 1 fully saturated rings. The largest absolute Gasteiger partial charge is 0.491 e. The van der Waals surface area contributed by atoms with E-state index in [4.69, 9.17) is 25.5 Å². The highest BCUT2D eigenvalue weighted by Gasteiger charge is 2.35. The van der Waals surface area contributed by atoms with Crippen molar-refractivity contribution in [1.82, 2.24) is 9.80 Å². The summed E-state index contributed by atoms with van der Waals surface area (Å²) in [5.74, 6) is 0.486. The highest BCUT2D eigenvalue weighted by Crippen LogP contribution is 2.34. The summed E-state index contributed by atoms with van der Waals surface area (Å²) in [6.07, 6.45) is 4.00. The molecule has 5 rings (SSSR count). The van der Waals surface area contributed by atoms with Gasteiger partial charge in [-0.05, 0) is 72.7 Å². The van der Waals surface area contributed by atoms with Crippen molar-refractivity contribution in [2.45, 2.75) is 31.4 Å². The minimum Gasteiger partial charge on any atom is -0.491 e. The lowest BCUT2D eigenvalue weighted by Crippen LogP contribution is -2.49. The average molecular weight is 515 g/mol. The van der Waals surface area contributed by atoms with Crippen LogP contribution >= 0.6 is 22.9 Å². The summed E-state index contributed by atoms with van der Waals surface area (Å²) in [5, 5.41) is 2.69. The molecule has 0 saturated carbocycles. The van der Waals surface area contributed by atoms with E-state index in [9.17, 15) is 9.59 Å². The van der Waals surface area contributed by atoms with Crippen molar-refractivity contribution < 1.29 is 23.5 Å². The zero-order valence-electron chi connectivity index (χ0n) is 19.2. The molecule has 0 aliphatic carbocycles. The van der Waals surface area contributed by atoms with Crippen molar-refractivity contribution in [2.24, 2.45) is 0 Å². The third-order valence-corrected chi connectivity index (χ3v) is 7.68. The van der Waals surface area contributed by atoms with Crippen molar-refractivity contribution in [3.63, 3.8) is 0 Å². The van der Waals surface area contributed by atoms with Crippen LogP contribution in [0.4, 0.5) is 0 Å². The van der Waals surface area contributed by atoms with Gasteiger partial charge in [0.1, 0.15) is 18.9 Å². The first-order valence-electron chi connectivity index (χ1n) is 11.8. The summed E-state index contributed by atoms with van der Waals surface area (Å²) in [6.45, 7) is 1.88. The Morgan fingerprint density at radius 2 is 2.06 bits per heavy atom. The molecule has 2 amide bonds. The van der Waals surface area contributed by atoms with Gasteiger partial charge in [0.05, 0.1) is 18.4 Å². The second-order valence-corrected chi connectivity index (χ2v) is 10.2. The van der Waals surface area contributed by atoms with E-state index in [1.807, 2.05) is 17.0 Å². The minimum absolute atomic E-state index is 0.0453. The summed E-state index contributed by atoms with van der Waals surface area (Å²) in [6, 6.07) is 12.3. The number of benzene rings is 1. The lowest BCUT2D eigenvalue weighted by molar-refractivity contribution is -0.135. The van der Waals surface area contributed by atoms with Crippen LogP contribution in [0.5, 0.6) is 5.75 Å². The fraction of sp³-hybridized carbons (Fsp3) is 0.385. The van der Waals surface area contributed by atoms with Crippen molar-refractivity contribution in [1.29, 1.82) is 0 Å². The number of thiophene rings is 1. The number of carbonyl (C=O) groups is 2. The highest BCUT2D eigenvalue weighted by molar-refractivity contribution is 7.10. The van der Waals surface area contributed by atoms with Crippen LogP contribution in [0.1, 0.15) is 39.9 Å². The Morgan fingerprint density at radius 3 is 2.80 bits per heavy atom. The molecule has 184 valence electrons. The Balaban J connectivity index is 1.33. The van der Waals surface area contributed by atoms with E-state index in [1.54, 1.807) is 40.5 Å². The average Bonchev–Trinajstić information content (AvgIpc) is 3.65. The van der Waals surface area contributed by atoms with E-state index < -0.39 is 0 Å². The molecular weight excluding hydrogens is 488 g/mol. The third-order valence-electron chi connectivity index (χ3n) is 6.43. The molecule has 0 bridgehead atoms. The molecule has 2 aliphatic heterocycles. The van der Waals surface area contributed by atoms with Gasteiger partial charge in [0, 0.05) is 29.6 Å². The maximum Gasteiger partial charge on any atom is 0.290 e. The summed E-state index contributed by atoms with van der Waals surface area (Å²) in [4.78, 5) is 31.5. The highest BCUT2D eigenvalue weighted by atomic mass is 35.5. The van der Waals surface area contributed by atoms with E-state index in [0.717, 1.165) is 24.8 Å². The van der Waals surface area contributed by atoms with Crippen LogP contribution in [0.25, 0.3) is 0 Å². The summed E-state index contributed by atoms with van der Waals surface area (Å²) in [7, 11) is 0. The fourth-order valence-corrected chi connectivity index (χ4v) is 5.70. The first-order valence-corrected chi connectivity index (χ1v) is 13.0. The van der Waals surface area contributed by atoms with E-state index in [-0.39, 0.29) is 36.3 Å². The van der Waals surface area contributed by atoms with Crippen molar-refractivity contribution in [3.05, 3.63) is 75.3 Å². The second-order valence-electron chi connectivity index (χ2n) is 8.71. The Morgan fingerprint density at radius 1 is 1.20 bits per heavy atom. The first kappa shape index (κ1) is 23.9. The predicted octanol–water partition coefficient (Wildman–Crippen LogP) is 4.82. The molecule has 2 atom stereocenters. The van der Waals surface area contributed by atoms with Crippen LogP contribution in [0.3, 0.4) is 0 Å². The standard InChI is InChI=1S/C26H27ClN2O5S/c27-18-5-7-19(8-6-18)34-17-22-21-10-14-35-24(21)9-11-29(22)25(30)16-28(15-20-3-1-12-32-20)26(31)23-4-2-13-33-23/h2,4-8,10,13-14,20,22H,1,3,9,11-12,15-17H2. The Kier molecular flexibility index (Phi) is 7.41. The van der Waals surface area contributed by atoms with Crippen LogP contribution in [0.2, 0.25) is 5.02 Å². The second kappa shape index (κ2) is 10.8. The SMILES string of the molecule is O=C(c1ccco1)N(CC(=O)N1CCc2sccc2C1COc1ccc(Cl)cc1)CC1CCCO1. The van der Waals surface area contributed by atoms with Gasteiger partial charge < -0.3 is 23.7 Å². The minimum atomic E-state index is -0.305. The number of carbonyl (C=O) groups excluding carboxylic acids is 2. The number of hydrogen-bond donors (Lipinski definition) is 0. The van der Waals surface area contributed by atoms with E-state index in [0.29, 0.717) is 37.1 Å². The molecule has 2 unspecified atom stereocenters. The number of halogens is 1. The summed E-state index contributed by atoms with van der Waals surface area (Å²) < 4.78 is 17.2. The maximum absolute atomic E-state index is 13.6. The van der Waals surface area contributed by atoms with Gasteiger partial charge in [-0.2, -0.15) is 0 Å². The number of nitrogens with zero attached hydrogens (tertiary/aromatic N) is 2. The zero-order valence-corrected chi connectivity index (χ0v) is 20.8. The lowest BCUT2D eigenvalue weighted by Gasteiger charge is -2.37. The number of ether oxygens (including phenoxy) is 2. The number of hydrogen-bond acceptors (Lipinski definition) is 6. The van der Waals surface area contributed by atoms with Gasteiger partial charge in [0.25, 0.3) is 5.91 Å². The molecule has 0 N–H and O–H groups in total. The molecule has 0 radical (unpaired) electrons. The smallest absolute Gasteiger partial charge is 0.290 e. The van der Waals surface area contributed by atoms with Gasteiger partial charge in [-0.15, -0.1) is 11.3 Å². The van der Waals surface area contributed by atoms with Gasteiger partial charge in [-0.1, -0.05) is 11.6 Å². The van der Waals surface area contributed by atoms with Crippen LogP contribution < -0.4 is 4.74 Å². The molecule has 1 aromatic carbocycles. The summed E-state index contributed by atoms with van der Waals surface area (Å²) in [5.41, 5.74) is 1.10. The number of fused-ring (bicyclic) bond motifs is 1.